The molecule has 1 aliphatic carbocycles. The Morgan fingerprint density at radius 3 is 2.50 bits per heavy atom. The average molecular weight is 361 g/mol. The van der Waals surface area contributed by atoms with Crippen LogP contribution in [0.2, 0.25) is 0 Å². The molecule has 1 aliphatic rings. The normalized spacial score (nSPS) is 14.7. The third-order valence-electron chi connectivity index (χ3n) is 5.04. The first kappa shape index (κ1) is 20.7. The summed E-state index contributed by atoms with van der Waals surface area (Å²) in [5, 5.41) is 3.50. The van der Waals surface area contributed by atoms with Crippen molar-refractivity contribution >= 4 is 5.96 Å². The van der Waals surface area contributed by atoms with Crippen LogP contribution >= 0.6 is 0 Å². The molecule has 0 atom stereocenters. The summed E-state index contributed by atoms with van der Waals surface area (Å²) in [7, 11) is 3.91. The van der Waals surface area contributed by atoms with Gasteiger partial charge >= 0.3 is 0 Å². The zero-order valence-corrected chi connectivity index (χ0v) is 17.0. The van der Waals surface area contributed by atoms with Crippen LogP contribution in [0.25, 0.3) is 0 Å². The molecule has 1 saturated carbocycles. The highest BCUT2D eigenvalue weighted by molar-refractivity contribution is 5.79. The maximum absolute atomic E-state index is 5.74. The third kappa shape index (κ3) is 6.96. The van der Waals surface area contributed by atoms with Crippen molar-refractivity contribution in [2.24, 2.45) is 10.9 Å². The van der Waals surface area contributed by atoms with Crippen molar-refractivity contribution in [3.63, 3.8) is 0 Å². The van der Waals surface area contributed by atoms with Crippen molar-refractivity contribution in [3.8, 4) is 0 Å². The topological polar surface area (TPSA) is 40.1 Å². The lowest BCUT2D eigenvalue weighted by atomic mass is 10.1. The van der Waals surface area contributed by atoms with Gasteiger partial charge in [-0.05, 0) is 43.0 Å². The Bertz CT molecular complexity index is 553. The molecule has 0 spiro atoms. The minimum absolute atomic E-state index is 0.756. The van der Waals surface area contributed by atoms with E-state index in [0.717, 1.165) is 57.8 Å². The number of hydrogen-bond acceptors (Lipinski definition) is 3. The molecule has 0 amide bonds. The van der Waals surface area contributed by atoms with Crippen molar-refractivity contribution in [1.82, 2.24) is 15.1 Å². The standard InChI is InChI=1S/C21H36N4O/c1-5-25(6-2)16-20-10-8-7-9-19(20)15-23-21(22-3)24(4)13-14-26-17-18-11-12-18/h7-10,18H,5-6,11-17H2,1-4H3,(H,22,23). The minimum atomic E-state index is 0.756. The molecule has 0 heterocycles. The van der Waals surface area contributed by atoms with Crippen molar-refractivity contribution in [2.45, 2.75) is 39.8 Å². The molecule has 0 radical (unpaired) electrons. The van der Waals surface area contributed by atoms with Gasteiger partial charge in [0.2, 0.25) is 0 Å². The molecular formula is C21H36N4O. The Morgan fingerprint density at radius 1 is 1.19 bits per heavy atom. The van der Waals surface area contributed by atoms with E-state index in [9.17, 15) is 0 Å². The highest BCUT2D eigenvalue weighted by Gasteiger charge is 2.21. The Morgan fingerprint density at radius 2 is 1.88 bits per heavy atom. The Labute approximate surface area is 159 Å². The van der Waals surface area contributed by atoms with E-state index in [1.54, 1.807) is 0 Å². The Hall–Kier alpha value is -1.59. The second kappa shape index (κ2) is 11.2. The highest BCUT2D eigenvalue weighted by atomic mass is 16.5. The van der Waals surface area contributed by atoms with Crippen molar-refractivity contribution in [3.05, 3.63) is 35.4 Å². The van der Waals surface area contributed by atoms with Crippen molar-refractivity contribution < 1.29 is 4.74 Å². The second-order valence-corrected chi connectivity index (χ2v) is 7.07. The predicted molar refractivity (Wildman–Crippen MR) is 109 cm³/mol. The van der Waals surface area contributed by atoms with E-state index in [2.05, 4.69) is 65.3 Å². The van der Waals surface area contributed by atoms with Crippen LogP contribution in [0.15, 0.2) is 29.3 Å². The fraction of sp³-hybridized carbons (Fsp3) is 0.667. The molecule has 2 rings (SSSR count). The number of rotatable bonds is 11. The number of aliphatic imine (C=N–C) groups is 1. The van der Waals surface area contributed by atoms with Crippen molar-refractivity contribution in [2.75, 3.05) is 46.9 Å². The number of guanidine groups is 1. The molecule has 5 heteroatoms. The van der Waals surface area contributed by atoms with Crippen LogP contribution in [0.5, 0.6) is 0 Å². The maximum Gasteiger partial charge on any atom is 0.193 e. The maximum atomic E-state index is 5.74. The number of likely N-dealkylation sites (N-methyl/N-ethyl adjacent to an activating group) is 1. The first-order chi connectivity index (χ1) is 12.7. The fourth-order valence-electron chi connectivity index (χ4n) is 2.97. The summed E-state index contributed by atoms with van der Waals surface area (Å²) in [6.45, 7) is 10.9. The molecule has 0 bridgehead atoms. The van der Waals surface area contributed by atoms with Crippen LogP contribution in [0.1, 0.15) is 37.8 Å². The summed E-state index contributed by atoms with van der Waals surface area (Å²) >= 11 is 0. The van der Waals surface area contributed by atoms with Gasteiger partial charge in [-0.3, -0.25) is 9.89 Å². The lowest BCUT2D eigenvalue weighted by Gasteiger charge is -2.24. The van der Waals surface area contributed by atoms with Gasteiger partial charge < -0.3 is 15.0 Å². The quantitative estimate of drug-likeness (QED) is 0.374. The van der Waals surface area contributed by atoms with Gasteiger partial charge in [0, 0.05) is 40.3 Å². The number of benzene rings is 1. The van der Waals surface area contributed by atoms with E-state index in [4.69, 9.17) is 4.74 Å². The van der Waals surface area contributed by atoms with E-state index < -0.39 is 0 Å². The first-order valence-corrected chi connectivity index (χ1v) is 9.96. The lowest BCUT2D eigenvalue weighted by molar-refractivity contribution is 0.115. The summed E-state index contributed by atoms with van der Waals surface area (Å²) in [4.78, 5) is 9.00. The first-order valence-electron chi connectivity index (χ1n) is 9.96. The van der Waals surface area contributed by atoms with E-state index in [1.165, 1.54) is 24.0 Å². The van der Waals surface area contributed by atoms with Crippen LogP contribution in [0.4, 0.5) is 0 Å². The fourth-order valence-corrected chi connectivity index (χ4v) is 2.97. The molecule has 26 heavy (non-hydrogen) atoms. The summed E-state index contributed by atoms with van der Waals surface area (Å²) in [5.74, 6) is 1.73. The van der Waals surface area contributed by atoms with Gasteiger partial charge in [-0.2, -0.15) is 0 Å². The largest absolute Gasteiger partial charge is 0.379 e. The van der Waals surface area contributed by atoms with Gasteiger partial charge in [-0.1, -0.05) is 38.1 Å². The molecule has 5 nitrogen and oxygen atoms in total. The zero-order chi connectivity index (χ0) is 18.8. The molecule has 0 aromatic heterocycles. The molecule has 1 aromatic rings. The van der Waals surface area contributed by atoms with E-state index in [-0.39, 0.29) is 0 Å². The van der Waals surface area contributed by atoms with Crippen molar-refractivity contribution in [1.29, 1.82) is 0 Å². The number of ether oxygens (including phenoxy) is 1. The van der Waals surface area contributed by atoms with Gasteiger partial charge in [0.1, 0.15) is 0 Å². The number of hydrogen-bond donors (Lipinski definition) is 1. The Balaban J connectivity index is 1.82. The van der Waals surface area contributed by atoms with Gasteiger partial charge in [0.05, 0.1) is 6.61 Å². The van der Waals surface area contributed by atoms with Gasteiger partial charge in [-0.15, -0.1) is 0 Å². The molecule has 1 fully saturated rings. The number of nitrogens with zero attached hydrogens (tertiary/aromatic N) is 3. The highest BCUT2D eigenvalue weighted by Crippen LogP contribution is 2.28. The summed E-state index contributed by atoms with van der Waals surface area (Å²) in [6.07, 6.45) is 2.68. The predicted octanol–water partition coefficient (Wildman–Crippen LogP) is 2.96. The van der Waals surface area contributed by atoms with E-state index in [0.29, 0.717) is 0 Å². The van der Waals surface area contributed by atoms with Crippen LogP contribution in [0.3, 0.4) is 0 Å². The van der Waals surface area contributed by atoms with Gasteiger partial charge in [0.15, 0.2) is 5.96 Å². The smallest absolute Gasteiger partial charge is 0.193 e. The van der Waals surface area contributed by atoms with Crippen LogP contribution in [-0.2, 0) is 17.8 Å². The van der Waals surface area contributed by atoms with Crippen LogP contribution in [0, 0.1) is 5.92 Å². The van der Waals surface area contributed by atoms with E-state index >= 15 is 0 Å². The monoisotopic (exact) mass is 360 g/mol. The molecular weight excluding hydrogens is 324 g/mol. The Kier molecular flexibility index (Phi) is 8.92. The molecule has 146 valence electrons. The third-order valence-corrected chi connectivity index (χ3v) is 5.04. The second-order valence-electron chi connectivity index (χ2n) is 7.07. The molecule has 0 saturated heterocycles. The van der Waals surface area contributed by atoms with Crippen LogP contribution in [-0.4, -0.2) is 62.7 Å². The molecule has 1 N–H and O–H groups in total. The summed E-state index contributed by atoms with van der Waals surface area (Å²) in [6, 6.07) is 8.67. The molecule has 1 aromatic carbocycles. The molecule has 0 unspecified atom stereocenters. The number of nitrogens with one attached hydrogen (secondary N) is 1. The summed E-state index contributed by atoms with van der Waals surface area (Å²) in [5.41, 5.74) is 2.72. The summed E-state index contributed by atoms with van der Waals surface area (Å²) < 4.78 is 5.74. The SMILES string of the molecule is CCN(CC)Cc1ccccc1CNC(=NC)N(C)CCOCC1CC1. The average Bonchev–Trinajstić information content (AvgIpc) is 3.49. The minimum Gasteiger partial charge on any atom is -0.379 e. The van der Waals surface area contributed by atoms with Gasteiger partial charge in [-0.25, -0.2) is 0 Å². The van der Waals surface area contributed by atoms with Crippen LogP contribution < -0.4 is 5.32 Å². The lowest BCUT2D eigenvalue weighted by Crippen LogP contribution is -2.40. The zero-order valence-electron chi connectivity index (χ0n) is 17.0. The van der Waals surface area contributed by atoms with Gasteiger partial charge in [0.25, 0.3) is 0 Å². The molecule has 0 aliphatic heterocycles. The van der Waals surface area contributed by atoms with E-state index in [1.807, 2.05) is 7.05 Å².